The molecule has 0 spiro atoms. The third-order valence-corrected chi connectivity index (χ3v) is 5.03. The summed E-state index contributed by atoms with van der Waals surface area (Å²) in [6, 6.07) is 5.95. The predicted octanol–water partition coefficient (Wildman–Crippen LogP) is 1.69. The Kier molecular flexibility index (Phi) is 6.15. The molecule has 2 aliphatic rings. The monoisotopic (exact) mass is 349 g/mol. The second kappa shape index (κ2) is 8.54. The van der Waals surface area contributed by atoms with Crippen LogP contribution in [0.2, 0.25) is 0 Å². The van der Waals surface area contributed by atoms with Crippen LogP contribution in [0.4, 0.5) is 0 Å². The van der Waals surface area contributed by atoms with Gasteiger partial charge in [-0.05, 0) is 43.4 Å². The number of hydrogen-bond donors (Lipinski definition) is 2. The van der Waals surface area contributed by atoms with E-state index in [1.165, 1.54) is 0 Å². The number of rotatable bonds is 7. The molecule has 1 aromatic carbocycles. The molecule has 0 unspecified atom stereocenters. The van der Waals surface area contributed by atoms with Gasteiger partial charge in [-0.25, -0.2) is 0 Å². The molecule has 0 radical (unpaired) electrons. The SMILES string of the molecule is O=C(CCCc1ccc2c(c1)OCCO2)NCC1(CO)CCOCC1. The third-order valence-electron chi connectivity index (χ3n) is 5.03. The van der Waals surface area contributed by atoms with Gasteiger partial charge in [-0.2, -0.15) is 0 Å². The Labute approximate surface area is 148 Å². The van der Waals surface area contributed by atoms with Gasteiger partial charge in [0.2, 0.25) is 5.91 Å². The number of aliphatic hydroxyl groups excluding tert-OH is 1. The Bertz CT molecular complexity index is 583. The van der Waals surface area contributed by atoms with E-state index >= 15 is 0 Å². The molecule has 6 nitrogen and oxygen atoms in total. The maximum atomic E-state index is 12.1. The maximum Gasteiger partial charge on any atom is 0.220 e. The van der Waals surface area contributed by atoms with E-state index in [0.29, 0.717) is 39.4 Å². The Hall–Kier alpha value is -1.79. The first kappa shape index (κ1) is 18.0. The summed E-state index contributed by atoms with van der Waals surface area (Å²) < 4.78 is 16.4. The Morgan fingerprint density at radius 2 is 1.88 bits per heavy atom. The highest BCUT2D eigenvalue weighted by Crippen LogP contribution is 2.31. The third kappa shape index (κ3) is 4.86. The summed E-state index contributed by atoms with van der Waals surface area (Å²) in [5.74, 6) is 1.62. The summed E-state index contributed by atoms with van der Waals surface area (Å²) in [7, 11) is 0. The molecular weight excluding hydrogens is 322 g/mol. The predicted molar refractivity (Wildman–Crippen MR) is 93.0 cm³/mol. The van der Waals surface area contributed by atoms with Gasteiger partial charge in [0.05, 0.1) is 6.61 Å². The fourth-order valence-electron chi connectivity index (χ4n) is 3.27. The van der Waals surface area contributed by atoms with Gasteiger partial charge in [-0.1, -0.05) is 6.07 Å². The van der Waals surface area contributed by atoms with Crippen LogP contribution < -0.4 is 14.8 Å². The van der Waals surface area contributed by atoms with E-state index in [0.717, 1.165) is 42.7 Å². The topological polar surface area (TPSA) is 77.0 Å². The van der Waals surface area contributed by atoms with E-state index < -0.39 is 0 Å². The van der Waals surface area contributed by atoms with Crippen molar-refractivity contribution in [2.45, 2.75) is 32.1 Å². The molecule has 2 N–H and O–H groups in total. The number of aryl methyl sites for hydroxylation is 1. The zero-order valence-electron chi connectivity index (χ0n) is 14.6. The molecule has 138 valence electrons. The number of nitrogens with one attached hydrogen (secondary N) is 1. The number of carbonyl (C=O) groups excluding carboxylic acids is 1. The van der Waals surface area contributed by atoms with Crippen molar-refractivity contribution in [2.24, 2.45) is 5.41 Å². The zero-order chi connectivity index (χ0) is 17.5. The molecule has 0 aromatic heterocycles. The second-order valence-electron chi connectivity index (χ2n) is 6.88. The summed E-state index contributed by atoms with van der Waals surface area (Å²) in [6.45, 7) is 3.09. The van der Waals surface area contributed by atoms with Crippen LogP contribution in [0.5, 0.6) is 11.5 Å². The molecular formula is C19H27NO5. The molecule has 0 aliphatic carbocycles. The lowest BCUT2D eigenvalue weighted by atomic mass is 9.81. The first-order chi connectivity index (χ1) is 12.2. The van der Waals surface area contributed by atoms with Gasteiger partial charge in [-0.15, -0.1) is 0 Å². The molecule has 0 atom stereocenters. The van der Waals surface area contributed by atoms with E-state index in [2.05, 4.69) is 5.32 Å². The van der Waals surface area contributed by atoms with Crippen molar-refractivity contribution >= 4 is 5.91 Å². The summed E-state index contributed by atoms with van der Waals surface area (Å²) in [5, 5.41) is 12.6. The van der Waals surface area contributed by atoms with Crippen molar-refractivity contribution in [2.75, 3.05) is 39.6 Å². The molecule has 2 aliphatic heterocycles. The molecule has 3 rings (SSSR count). The fraction of sp³-hybridized carbons (Fsp3) is 0.632. The highest BCUT2D eigenvalue weighted by molar-refractivity contribution is 5.75. The minimum absolute atomic E-state index is 0.0388. The molecule has 1 saturated heterocycles. The van der Waals surface area contributed by atoms with Crippen LogP contribution in [0.3, 0.4) is 0 Å². The summed E-state index contributed by atoms with van der Waals surface area (Å²) >= 11 is 0. The summed E-state index contributed by atoms with van der Waals surface area (Å²) in [6.07, 6.45) is 3.66. The van der Waals surface area contributed by atoms with Crippen molar-refractivity contribution in [1.82, 2.24) is 5.32 Å². The largest absolute Gasteiger partial charge is 0.486 e. The number of benzene rings is 1. The molecule has 1 aromatic rings. The maximum absolute atomic E-state index is 12.1. The van der Waals surface area contributed by atoms with Crippen molar-refractivity contribution in [1.29, 1.82) is 0 Å². The van der Waals surface area contributed by atoms with Crippen LogP contribution in [-0.4, -0.2) is 50.6 Å². The number of carbonyl (C=O) groups is 1. The smallest absolute Gasteiger partial charge is 0.220 e. The first-order valence-corrected chi connectivity index (χ1v) is 9.05. The molecule has 6 heteroatoms. The first-order valence-electron chi connectivity index (χ1n) is 9.05. The minimum Gasteiger partial charge on any atom is -0.486 e. The Balaban J connectivity index is 1.40. The average molecular weight is 349 g/mol. The van der Waals surface area contributed by atoms with E-state index in [1.807, 2.05) is 18.2 Å². The van der Waals surface area contributed by atoms with Crippen molar-refractivity contribution in [3.8, 4) is 11.5 Å². The molecule has 0 saturated carbocycles. The van der Waals surface area contributed by atoms with Gasteiger partial charge in [0, 0.05) is 31.6 Å². The van der Waals surface area contributed by atoms with Crippen molar-refractivity contribution in [3.05, 3.63) is 23.8 Å². The fourth-order valence-corrected chi connectivity index (χ4v) is 3.27. The molecule has 0 bridgehead atoms. The van der Waals surface area contributed by atoms with Gasteiger partial charge >= 0.3 is 0 Å². The summed E-state index contributed by atoms with van der Waals surface area (Å²) in [5.41, 5.74) is 0.928. The van der Waals surface area contributed by atoms with Crippen molar-refractivity contribution < 1.29 is 24.1 Å². The van der Waals surface area contributed by atoms with Crippen LogP contribution in [0, 0.1) is 5.41 Å². The normalized spacial score (nSPS) is 18.6. The number of hydrogen-bond acceptors (Lipinski definition) is 5. The number of ether oxygens (including phenoxy) is 3. The van der Waals surface area contributed by atoms with E-state index in [4.69, 9.17) is 14.2 Å². The minimum atomic E-state index is -0.219. The Morgan fingerprint density at radius 1 is 1.12 bits per heavy atom. The molecule has 1 fully saturated rings. The van der Waals surface area contributed by atoms with Gasteiger partial charge in [0.25, 0.3) is 0 Å². The van der Waals surface area contributed by atoms with E-state index in [-0.39, 0.29) is 17.9 Å². The molecule has 25 heavy (non-hydrogen) atoms. The van der Waals surface area contributed by atoms with Crippen molar-refractivity contribution in [3.63, 3.8) is 0 Å². The quantitative estimate of drug-likeness (QED) is 0.783. The Morgan fingerprint density at radius 3 is 2.64 bits per heavy atom. The van der Waals surface area contributed by atoms with Gasteiger partial charge in [0.1, 0.15) is 13.2 Å². The highest BCUT2D eigenvalue weighted by atomic mass is 16.6. The van der Waals surface area contributed by atoms with Gasteiger partial charge < -0.3 is 24.6 Å². The second-order valence-corrected chi connectivity index (χ2v) is 6.88. The molecule has 2 heterocycles. The molecule has 1 amide bonds. The number of aliphatic hydroxyl groups is 1. The van der Waals surface area contributed by atoms with E-state index in [9.17, 15) is 9.90 Å². The van der Waals surface area contributed by atoms with Crippen LogP contribution in [0.15, 0.2) is 18.2 Å². The van der Waals surface area contributed by atoms with E-state index in [1.54, 1.807) is 0 Å². The number of fused-ring (bicyclic) bond motifs is 1. The van der Waals surface area contributed by atoms with Gasteiger partial charge in [0.15, 0.2) is 11.5 Å². The standard InChI is InChI=1S/C19H27NO5/c21-14-19(6-8-23-9-7-19)13-20-18(22)3-1-2-15-4-5-16-17(12-15)25-11-10-24-16/h4-5,12,21H,1-3,6-11,13-14H2,(H,20,22). The van der Waals surface area contributed by atoms with Crippen LogP contribution in [0.1, 0.15) is 31.2 Å². The van der Waals surface area contributed by atoms with Crippen LogP contribution in [-0.2, 0) is 16.0 Å². The summed E-state index contributed by atoms with van der Waals surface area (Å²) in [4.78, 5) is 12.1. The highest BCUT2D eigenvalue weighted by Gasteiger charge is 2.32. The van der Waals surface area contributed by atoms with Crippen LogP contribution in [0.25, 0.3) is 0 Å². The average Bonchev–Trinajstić information content (AvgIpc) is 2.67. The van der Waals surface area contributed by atoms with Crippen LogP contribution >= 0.6 is 0 Å². The van der Waals surface area contributed by atoms with Gasteiger partial charge in [-0.3, -0.25) is 4.79 Å². The lowest BCUT2D eigenvalue weighted by Gasteiger charge is -2.35. The number of amides is 1. The zero-order valence-corrected chi connectivity index (χ0v) is 14.6. The lowest BCUT2D eigenvalue weighted by molar-refractivity contribution is -0.122. The lowest BCUT2D eigenvalue weighted by Crippen LogP contribution is -2.43.